The number of aromatic nitrogens is 1. The molecule has 6 rings (SSSR count). The van der Waals surface area contributed by atoms with Gasteiger partial charge in [-0.15, -0.1) is 0 Å². The van der Waals surface area contributed by atoms with E-state index in [0.29, 0.717) is 28.2 Å². The fourth-order valence-electron chi connectivity index (χ4n) is 5.20. The van der Waals surface area contributed by atoms with Gasteiger partial charge in [0.1, 0.15) is 0 Å². The fourth-order valence-corrected chi connectivity index (χ4v) is 5.63. The van der Waals surface area contributed by atoms with Crippen LogP contribution >= 0.6 is 27.5 Å². The monoisotopic (exact) mass is 595 g/mol. The number of halogens is 2. The van der Waals surface area contributed by atoms with Gasteiger partial charge < -0.3 is 4.98 Å². The van der Waals surface area contributed by atoms with Gasteiger partial charge in [-0.2, -0.15) is 5.10 Å². The Morgan fingerprint density at radius 1 is 0.897 bits per heavy atom. The van der Waals surface area contributed by atoms with E-state index in [-0.39, 0.29) is 17.5 Å². The van der Waals surface area contributed by atoms with Crippen LogP contribution in [0.4, 0.5) is 0 Å². The van der Waals surface area contributed by atoms with Crippen LogP contribution < -0.4 is 5.56 Å². The lowest BCUT2D eigenvalue weighted by Crippen LogP contribution is -2.24. The number of H-pyrrole nitrogens is 1. The normalized spacial score (nSPS) is 15.0. The molecule has 0 aliphatic carbocycles. The Morgan fingerprint density at radius 2 is 1.56 bits per heavy atom. The molecular weight excluding hydrogens is 574 g/mol. The standard InChI is InChI=1S/C32H23BrClN3O2/c1-19(38)37-29(22-9-7-20(8-10-22)21-11-13-24(33)14-12-21)18-28(36-37)31-30(23-5-3-2-4-6-23)26-17-25(34)15-16-27(26)35-32(31)39/h2-17,29H,18H2,1H3,(H,35,39). The van der Waals surface area contributed by atoms with Crippen molar-refractivity contribution in [3.8, 4) is 22.3 Å². The van der Waals surface area contributed by atoms with Crippen molar-refractivity contribution < 1.29 is 4.79 Å². The number of rotatable bonds is 4. The van der Waals surface area contributed by atoms with E-state index < -0.39 is 0 Å². The Morgan fingerprint density at radius 3 is 2.23 bits per heavy atom. The number of hydrazone groups is 1. The van der Waals surface area contributed by atoms with Crippen LogP contribution in [0.2, 0.25) is 5.02 Å². The first-order chi connectivity index (χ1) is 18.9. The molecule has 1 unspecified atom stereocenters. The molecule has 192 valence electrons. The number of carbonyl (C=O) groups is 1. The van der Waals surface area contributed by atoms with Gasteiger partial charge in [0.25, 0.3) is 5.56 Å². The summed E-state index contributed by atoms with van der Waals surface area (Å²) in [5.74, 6) is -0.187. The third-order valence-corrected chi connectivity index (χ3v) is 7.80. The molecule has 1 N–H and O–H groups in total. The van der Waals surface area contributed by atoms with Crippen LogP contribution in [-0.4, -0.2) is 21.6 Å². The summed E-state index contributed by atoms with van der Waals surface area (Å²) in [7, 11) is 0. The maximum atomic E-state index is 13.6. The van der Waals surface area contributed by atoms with Gasteiger partial charge in [-0.05, 0) is 52.6 Å². The highest BCUT2D eigenvalue weighted by molar-refractivity contribution is 9.10. The number of aromatic amines is 1. The lowest BCUT2D eigenvalue weighted by Gasteiger charge is -2.20. The topological polar surface area (TPSA) is 65.5 Å². The van der Waals surface area contributed by atoms with Gasteiger partial charge in [-0.3, -0.25) is 9.59 Å². The third kappa shape index (κ3) is 4.82. The molecule has 0 saturated carbocycles. The number of fused-ring (bicyclic) bond motifs is 1. The Kier molecular flexibility index (Phi) is 6.67. The van der Waals surface area contributed by atoms with Gasteiger partial charge in [-0.1, -0.05) is 94.3 Å². The summed E-state index contributed by atoms with van der Waals surface area (Å²) in [6.45, 7) is 1.50. The van der Waals surface area contributed by atoms with Crippen molar-refractivity contribution in [3.63, 3.8) is 0 Å². The van der Waals surface area contributed by atoms with E-state index in [9.17, 15) is 9.59 Å². The molecule has 0 bridgehead atoms. The van der Waals surface area contributed by atoms with E-state index >= 15 is 0 Å². The van der Waals surface area contributed by atoms with Crippen LogP contribution in [0.5, 0.6) is 0 Å². The molecule has 2 heterocycles. The number of nitrogens with zero attached hydrogens (tertiary/aromatic N) is 2. The Hall–Kier alpha value is -4.00. The second-order valence-electron chi connectivity index (χ2n) is 9.52. The van der Waals surface area contributed by atoms with Gasteiger partial charge in [0.15, 0.2) is 0 Å². The van der Waals surface area contributed by atoms with Crippen LogP contribution in [-0.2, 0) is 4.79 Å². The van der Waals surface area contributed by atoms with Gasteiger partial charge in [-0.25, -0.2) is 5.01 Å². The number of hydrogen-bond donors (Lipinski definition) is 1. The zero-order chi connectivity index (χ0) is 27.1. The number of benzene rings is 4. The predicted molar refractivity (Wildman–Crippen MR) is 161 cm³/mol. The van der Waals surface area contributed by atoms with E-state index in [0.717, 1.165) is 37.7 Å². The molecule has 1 aliphatic heterocycles. The molecule has 7 heteroatoms. The zero-order valence-electron chi connectivity index (χ0n) is 21.0. The average Bonchev–Trinajstić information content (AvgIpc) is 3.39. The first-order valence-corrected chi connectivity index (χ1v) is 13.7. The highest BCUT2D eigenvalue weighted by atomic mass is 79.9. The number of nitrogens with one attached hydrogen (secondary N) is 1. The van der Waals surface area contributed by atoms with Crippen molar-refractivity contribution in [1.82, 2.24) is 9.99 Å². The second-order valence-corrected chi connectivity index (χ2v) is 10.9. The molecule has 5 aromatic rings. The van der Waals surface area contributed by atoms with E-state index in [1.54, 1.807) is 6.07 Å². The number of carbonyl (C=O) groups excluding carboxylic acids is 1. The summed E-state index contributed by atoms with van der Waals surface area (Å²) in [5.41, 5.74) is 6.22. The van der Waals surface area contributed by atoms with Crippen LogP contribution in [0, 0.1) is 0 Å². The predicted octanol–water partition coefficient (Wildman–Crippen LogP) is 7.98. The maximum Gasteiger partial charge on any atom is 0.258 e. The molecule has 1 atom stereocenters. The molecular formula is C32H23BrClN3O2. The van der Waals surface area contributed by atoms with E-state index in [4.69, 9.17) is 16.7 Å². The minimum Gasteiger partial charge on any atom is -0.321 e. The van der Waals surface area contributed by atoms with Crippen molar-refractivity contribution in [3.05, 3.63) is 128 Å². The molecule has 39 heavy (non-hydrogen) atoms. The highest BCUT2D eigenvalue weighted by Crippen LogP contribution is 2.38. The summed E-state index contributed by atoms with van der Waals surface area (Å²) in [5, 5.41) is 7.60. The quantitative estimate of drug-likeness (QED) is 0.229. The lowest BCUT2D eigenvalue weighted by atomic mass is 9.90. The van der Waals surface area contributed by atoms with Crippen molar-refractivity contribution in [1.29, 1.82) is 0 Å². The van der Waals surface area contributed by atoms with Gasteiger partial charge in [0, 0.05) is 39.3 Å². The largest absolute Gasteiger partial charge is 0.321 e. The lowest BCUT2D eigenvalue weighted by molar-refractivity contribution is -0.130. The molecule has 5 nitrogen and oxygen atoms in total. The summed E-state index contributed by atoms with van der Waals surface area (Å²) >= 11 is 9.86. The van der Waals surface area contributed by atoms with Crippen molar-refractivity contribution in [2.45, 2.75) is 19.4 Å². The average molecular weight is 597 g/mol. The molecule has 0 spiro atoms. The summed E-state index contributed by atoms with van der Waals surface area (Å²) in [4.78, 5) is 29.3. The minimum absolute atomic E-state index is 0.187. The minimum atomic E-state index is -0.324. The Balaban J connectivity index is 1.45. The smallest absolute Gasteiger partial charge is 0.258 e. The molecule has 1 amide bonds. The highest BCUT2D eigenvalue weighted by Gasteiger charge is 2.34. The van der Waals surface area contributed by atoms with Crippen LogP contribution in [0.15, 0.2) is 111 Å². The Bertz CT molecular complexity index is 1800. The number of amides is 1. The number of hydrogen-bond acceptors (Lipinski definition) is 3. The van der Waals surface area contributed by atoms with E-state index in [1.807, 2.05) is 66.7 Å². The maximum absolute atomic E-state index is 13.6. The molecule has 0 radical (unpaired) electrons. The summed E-state index contributed by atoms with van der Waals surface area (Å²) in [6.07, 6.45) is 0.409. The molecule has 4 aromatic carbocycles. The molecule has 0 saturated heterocycles. The fraction of sp³-hybridized carbons (Fsp3) is 0.0938. The van der Waals surface area contributed by atoms with Crippen molar-refractivity contribution >= 4 is 50.1 Å². The third-order valence-electron chi connectivity index (χ3n) is 7.03. The SMILES string of the molecule is CC(=O)N1N=C(c2c(-c3ccccc3)c3cc(Cl)ccc3[nH]c2=O)CC1c1ccc(-c2ccc(Br)cc2)cc1. The molecule has 1 aromatic heterocycles. The Labute approximate surface area is 238 Å². The first kappa shape index (κ1) is 25.3. The van der Waals surface area contributed by atoms with Gasteiger partial charge >= 0.3 is 0 Å². The van der Waals surface area contributed by atoms with E-state index in [1.165, 1.54) is 11.9 Å². The van der Waals surface area contributed by atoms with Gasteiger partial charge in [0.2, 0.25) is 5.91 Å². The molecule has 1 aliphatic rings. The van der Waals surface area contributed by atoms with Crippen LogP contribution in [0.25, 0.3) is 33.2 Å². The van der Waals surface area contributed by atoms with Crippen LogP contribution in [0.3, 0.4) is 0 Å². The number of pyridine rings is 1. The van der Waals surface area contributed by atoms with Crippen molar-refractivity contribution in [2.75, 3.05) is 0 Å². The van der Waals surface area contributed by atoms with Crippen molar-refractivity contribution in [2.24, 2.45) is 5.10 Å². The zero-order valence-corrected chi connectivity index (χ0v) is 23.3. The van der Waals surface area contributed by atoms with Gasteiger partial charge in [0.05, 0.1) is 17.3 Å². The second kappa shape index (κ2) is 10.3. The molecule has 0 fully saturated rings. The van der Waals surface area contributed by atoms with Crippen LogP contribution in [0.1, 0.15) is 30.5 Å². The van der Waals surface area contributed by atoms with E-state index in [2.05, 4.69) is 45.2 Å². The first-order valence-electron chi connectivity index (χ1n) is 12.5. The summed E-state index contributed by atoms with van der Waals surface area (Å²) in [6, 6.07) is 31.1. The summed E-state index contributed by atoms with van der Waals surface area (Å²) < 4.78 is 1.02.